The van der Waals surface area contributed by atoms with Gasteiger partial charge in [0.15, 0.2) is 5.65 Å². The van der Waals surface area contributed by atoms with Gasteiger partial charge in [0.25, 0.3) is 0 Å². The largest absolute Gasteiger partial charge is 0.468 e. The van der Waals surface area contributed by atoms with Crippen LogP contribution < -0.4 is 4.90 Å². The number of esters is 1. The minimum Gasteiger partial charge on any atom is -0.468 e. The molecule has 3 heterocycles. The number of hydrogen-bond acceptors (Lipinski definition) is 7. The van der Waals surface area contributed by atoms with Crippen LogP contribution in [0.2, 0.25) is 0 Å². The Morgan fingerprint density at radius 3 is 3.05 bits per heavy atom. The summed E-state index contributed by atoms with van der Waals surface area (Å²) in [6, 6.07) is 2.08. The Hall–Kier alpha value is -2.48. The summed E-state index contributed by atoms with van der Waals surface area (Å²) in [5, 5.41) is 9.18. The summed E-state index contributed by atoms with van der Waals surface area (Å²) >= 11 is 1.67. The van der Waals surface area contributed by atoms with Crippen LogP contribution in [0, 0.1) is 0 Å². The molecule has 0 aromatic carbocycles. The van der Waals surface area contributed by atoms with Gasteiger partial charge < -0.3 is 9.64 Å². The van der Waals surface area contributed by atoms with Crippen LogP contribution >= 0.6 is 11.3 Å². The van der Waals surface area contributed by atoms with Crippen LogP contribution in [0.3, 0.4) is 0 Å². The van der Waals surface area contributed by atoms with Crippen LogP contribution in [0.5, 0.6) is 0 Å². The Morgan fingerprint density at radius 2 is 2.32 bits per heavy atom. The van der Waals surface area contributed by atoms with E-state index in [9.17, 15) is 4.79 Å². The Balaban J connectivity index is 1.92. The molecule has 0 spiro atoms. The second-order valence-electron chi connectivity index (χ2n) is 4.80. The minimum atomic E-state index is -0.364. The van der Waals surface area contributed by atoms with Crippen LogP contribution in [-0.4, -0.2) is 39.9 Å². The normalized spacial score (nSPS) is 10.8. The van der Waals surface area contributed by atoms with Gasteiger partial charge in [-0.25, -0.2) is 14.6 Å². The Kier molecular flexibility index (Phi) is 4.01. The number of fused-ring (bicyclic) bond motifs is 1. The van der Waals surface area contributed by atoms with E-state index in [2.05, 4.69) is 31.2 Å². The maximum Gasteiger partial charge on any atom is 0.327 e. The van der Waals surface area contributed by atoms with Crippen molar-refractivity contribution in [2.75, 3.05) is 19.1 Å². The lowest BCUT2D eigenvalue weighted by Crippen LogP contribution is -2.18. The first-order valence-electron chi connectivity index (χ1n) is 6.64. The van der Waals surface area contributed by atoms with Gasteiger partial charge in [0, 0.05) is 13.6 Å². The van der Waals surface area contributed by atoms with E-state index >= 15 is 0 Å². The number of carbonyl (C=O) groups excluding carboxylic acids is 1. The van der Waals surface area contributed by atoms with Gasteiger partial charge in [-0.1, -0.05) is 0 Å². The van der Waals surface area contributed by atoms with Crippen molar-refractivity contribution in [1.82, 2.24) is 19.7 Å². The molecule has 7 nitrogen and oxygen atoms in total. The smallest absolute Gasteiger partial charge is 0.327 e. The first-order valence-corrected chi connectivity index (χ1v) is 7.59. The zero-order valence-electron chi connectivity index (χ0n) is 12.3. The average Bonchev–Trinajstić information content (AvgIpc) is 3.17. The molecule has 0 radical (unpaired) electrons. The summed E-state index contributed by atoms with van der Waals surface area (Å²) in [5.41, 5.74) is 1.84. The summed E-state index contributed by atoms with van der Waals surface area (Å²) in [5.74, 6) is 0.420. The maximum atomic E-state index is 11.4. The summed E-state index contributed by atoms with van der Waals surface area (Å²) in [6.07, 6.45) is 3.16. The highest BCUT2D eigenvalue weighted by molar-refractivity contribution is 7.07. The highest BCUT2D eigenvalue weighted by Crippen LogP contribution is 2.23. The molecule has 22 heavy (non-hydrogen) atoms. The third-order valence-electron chi connectivity index (χ3n) is 3.28. The third-order valence-corrected chi connectivity index (χ3v) is 4.01. The second kappa shape index (κ2) is 6.10. The minimum absolute atomic E-state index is 0.0324. The quantitative estimate of drug-likeness (QED) is 0.667. The van der Waals surface area contributed by atoms with Crippen molar-refractivity contribution in [2.45, 2.75) is 13.1 Å². The van der Waals surface area contributed by atoms with Crippen LogP contribution in [-0.2, 0) is 22.6 Å². The maximum absolute atomic E-state index is 11.4. The van der Waals surface area contributed by atoms with E-state index < -0.39 is 0 Å². The standard InChI is InChI=1S/C14H15N5O2S/c1-18(6-10-3-4-22-8-10)13-11-5-17-19(7-12(20)21-2)14(11)16-9-15-13/h3-5,8-9H,6-7H2,1-2H3. The van der Waals surface area contributed by atoms with Crippen molar-refractivity contribution in [3.8, 4) is 0 Å². The lowest BCUT2D eigenvalue weighted by Gasteiger charge is -2.17. The number of rotatable bonds is 5. The molecule has 3 aromatic heterocycles. The van der Waals surface area contributed by atoms with Gasteiger partial charge >= 0.3 is 5.97 Å². The Bertz CT molecular complexity index is 784. The fourth-order valence-electron chi connectivity index (χ4n) is 2.22. The van der Waals surface area contributed by atoms with E-state index in [4.69, 9.17) is 0 Å². The van der Waals surface area contributed by atoms with Crippen molar-refractivity contribution in [3.05, 3.63) is 34.9 Å². The van der Waals surface area contributed by atoms with Crippen LogP contribution in [0.4, 0.5) is 5.82 Å². The van der Waals surface area contributed by atoms with Crippen molar-refractivity contribution in [2.24, 2.45) is 0 Å². The fraction of sp³-hybridized carbons (Fsp3) is 0.286. The number of methoxy groups -OCH3 is 1. The van der Waals surface area contributed by atoms with E-state index in [0.717, 1.165) is 17.7 Å². The van der Waals surface area contributed by atoms with E-state index in [-0.39, 0.29) is 12.5 Å². The lowest BCUT2D eigenvalue weighted by molar-refractivity contribution is -0.141. The molecule has 0 unspecified atom stereocenters. The molecule has 0 saturated carbocycles. The highest BCUT2D eigenvalue weighted by atomic mass is 32.1. The summed E-state index contributed by atoms with van der Waals surface area (Å²) in [7, 11) is 3.32. The number of anilines is 1. The van der Waals surface area contributed by atoms with Crippen molar-refractivity contribution in [3.63, 3.8) is 0 Å². The van der Waals surface area contributed by atoms with Gasteiger partial charge in [-0.3, -0.25) is 4.79 Å². The number of nitrogens with zero attached hydrogens (tertiary/aromatic N) is 5. The first-order chi connectivity index (χ1) is 10.7. The van der Waals surface area contributed by atoms with Crippen LogP contribution in [0.15, 0.2) is 29.4 Å². The predicted molar refractivity (Wildman–Crippen MR) is 83.8 cm³/mol. The number of aromatic nitrogens is 4. The van der Waals surface area contributed by atoms with E-state index in [0.29, 0.717) is 5.65 Å². The van der Waals surface area contributed by atoms with E-state index in [1.165, 1.54) is 23.7 Å². The lowest BCUT2D eigenvalue weighted by atomic mass is 10.3. The SMILES string of the molecule is COC(=O)Cn1ncc2c(N(C)Cc3ccsc3)ncnc21. The molecular formula is C14H15N5O2S. The fourth-order valence-corrected chi connectivity index (χ4v) is 2.88. The number of carbonyl (C=O) groups is 1. The van der Waals surface area contributed by atoms with Gasteiger partial charge in [0.2, 0.25) is 0 Å². The zero-order valence-corrected chi connectivity index (χ0v) is 13.1. The molecule has 3 rings (SSSR count). The van der Waals surface area contributed by atoms with Gasteiger partial charge in [-0.05, 0) is 22.4 Å². The molecule has 0 aliphatic rings. The Labute approximate surface area is 131 Å². The summed E-state index contributed by atoms with van der Waals surface area (Å²) in [6.45, 7) is 0.780. The zero-order chi connectivity index (χ0) is 15.5. The molecule has 0 atom stereocenters. The second-order valence-corrected chi connectivity index (χ2v) is 5.58. The first kappa shape index (κ1) is 14.5. The topological polar surface area (TPSA) is 73.1 Å². The van der Waals surface area contributed by atoms with Crippen molar-refractivity contribution < 1.29 is 9.53 Å². The van der Waals surface area contributed by atoms with Crippen molar-refractivity contribution in [1.29, 1.82) is 0 Å². The van der Waals surface area contributed by atoms with Gasteiger partial charge in [-0.15, -0.1) is 0 Å². The molecule has 0 amide bonds. The van der Waals surface area contributed by atoms with Crippen molar-refractivity contribution >= 4 is 34.2 Å². The Morgan fingerprint density at radius 1 is 1.45 bits per heavy atom. The highest BCUT2D eigenvalue weighted by Gasteiger charge is 2.15. The molecule has 3 aromatic rings. The summed E-state index contributed by atoms with van der Waals surface area (Å²) < 4.78 is 6.19. The summed E-state index contributed by atoms with van der Waals surface area (Å²) in [4.78, 5) is 22.0. The van der Waals surface area contributed by atoms with Crippen LogP contribution in [0.1, 0.15) is 5.56 Å². The third kappa shape index (κ3) is 2.77. The molecule has 8 heteroatoms. The average molecular weight is 317 g/mol. The molecule has 0 aliphatic carbocycles. The predicted octanol–water partition coefficient (Wildman–Crippen LogP) is 1.70. The van der Waals surface area contributed by atoms with Gasteiger partial charge in [0.05, 0.1) is 18.7 Å². The molecule has 0 N–H and O–H groups in total. The molecule has 0 bridgehead atoms. The molecular weight excluding hydrogens is 302 g/mol. The molecule has 0 saturated heterocycles. The number of hydrogen-bond donors (Lipinski definition) is 0. The number of thiophene rings is 1. The number of ether oxygens (including phenoxy) is 1. The molecule has 0 aliphatic heterocycles. The molecule has 0 fully saturated rings. The van der Waals surface area contributed by atoms with Crippen LogP contribution in [0.25, 0.3) is 11.0 Å². The molecule has 114 valence electrons. The van der Waals surface area contributed by atoms with Gasteiger partial charge in [-0.2, -0.15) is 16.4 Å². The van der Waals surface area contributed by atoms with E-state index in [1.807, 2.05) is 17.3 Å². The monoisotopic (exact) mass is 317 g/mol. The van der Waals surface area contributed by atoms with E-state index in [1.54, 1.807) is 17.5 Å². The van der Waals surface area contributed by atoms with Gasteiger partial charge in [0.1, 0.15) is 18.7 Å².